The van der Waals surface area contributed by atoms with E-state index in [4.69, 9.17) is 0 Å². The van der Waals surface area contributed by atoms with Crippen molar-refractivity contribution in [2.75, 3.05) is 6.54 Å². The van der Waals surface area contributed by atoms with Crippen LogP contribution in [0.5, 0.6) is 0 Å². The average molecular weight is 268 g/mol. The normalized spacial score (nSPS) is 18.9. The lowest BCUT2D eigenvalue weighted by molar-refractivity contribution is 0.368. The van der Waals surface area contributed by atoms with Gasteiger partial charge in [0.15, 0.2) is 0 Å². The third-order valence-corrected chi connectivity index (χ3v) is 3.69. The third-order valence-electron chi connectivity index (χ3n) is 3.69. The maximum absolute atomic E-state index is 4.25. The maximum Gasteiger partial charge on any atom is 0.138 e. The summed E-state index contributed by atoms with van der Waals surface area (Å²) in [6.45, 7) is 4.02. The minimum atomic E-state index is 0.489. The zero-order chi connectivity index (χ0) is 13.8. The molecule has 0 saturated carbocycles. The highest BCUT2D eigenvalue weighted by atomic mass is 15.3. The van der Waals surface area contributed by atoms with Crippen molar-refractivity contribution in [1.82, 2.24) is 20.1 Å². The van der Waals surface area contributed by atoms with Crippen LogP contribution in [0.3, 0.4) is 0 Å². The van der Waals surface area contributed by atoms with Crippen molar-refractivity contribution in [2.45, 2.75) is 32.4 Å². The number of aryl methyl sites for hydroxylation is 1. The van der Waals surface area contributed by atoms with E-state index >= 15 is 0 Å². The Hall–Kier alpha value is -1.94. The second kappa shape index (κ2) is 6.01. The van der Waals surface area contributed by atoms with Crippen LogP contribution in [0, 0.1) is 0 Å². The number of nitrogens with zero attached hydrogens (tertiary/aromatic N) is 3. The van der Waals surface area contributed by atoms with Crippen LogP contribution in [-0.2, 0) is 13.0 Å². The van der Waals surface area contributed by atoms with E-state index in [1.807, 2.05) is 10.7 Å². The standard InChI is InChI=1S/C16H20N4/c1-13(9-14-5-3-2-4-6-14)10-17-15-7-8-16-18-12-19-20(16)11-15/h2-6,9,12,15,17H,7-8,10-11H2,1H3/b13-9+/t15-/m1/s1. The molecular weight excluding hydrogens is 248 g/mol. The molecule has 0 unspecified atom stereocenters. The topological polar surface area (TPSA) is 42.7 Å². The van der Waals surface area contributed by atoms with Crippen molar-refractivity contribution >= 4 is 6.08 Å². The number of benzene rings is 1. The number of nitrogens with one attached hydrogen (secondary N) is 1. The van der Waals surface area contributed by atoms with Crippen molar-refractivity contribution in [3.05, 3.63) is 53.6 Å². The van der Waals surface area contributed by atoms with E-state index in [1.165, 1.54) is 11.1 Å². The van der Waals surface area contributed by atoms with Crippen molar-refractivity contribution in [3.63, 3.8) is 0 Å². The summed E-state index contributed by atoms with van der Waals surface area (Å²) in [4.78, 5) is 4.25. The molecule has 2 heterocycles. The van der Waals surface area contributed by atoms with Crippen LogP contribution < -0.4 is 5.32 Å². The van der Waals surface area contributed by atoms with E-state index in [9.17, 15) is 0 Å². The average Bonchev–Trinajstić information content (AvgIpc) is 2.93. The highest BCUT2D eigenvalue weighted by Crippen LogP contribution is 2.12. The highest BCUT2D eigenvalue weighted by molar-refractivity contribution is 5.52. The molecule has 2 aromatic rings. The summed E-state index contributed by atoms with van der Waals surface area (Å²) in [5, 5.41) is 7.87. The molecule has 20 heavy (non-hydrogen) atoms. The lowest BCUT2D eigenvalue weighted by atomic mass is 10.1. The Labute approximate surface area is 119 Å². The van der Waals surface area contributed by atoms with Crippen LogP contribution >= 0.6 is 0 Å². The number of aromatic nitrogens is 3. The lowest BCUT2D eigenvalue weighted by Crippen LogP contribution is -2.38. The summed E-state index contributed by atoms with van der Waals surface area (Å²) in [7, 11) is 0. The van der Waals surface area contributed by atoms with Crippen LogP contribution in [0.1, 0.15) is 24.7 Å². The molecule has 1 aromatic carbocycles. The van der Waals surface area contributed by atoms with Gasteiger partial charge in [-0.3, -0.25) is 0 Å². The zero-order valence-electron chi connectivity index (χ0n) is 11.8. The fourth-order valence-electron chi connectivity index (χ4n) is 2.59. The molecule has 1 N–H and O–H groups in total. The first-order chi connectivity index (χ1) is 9.81. The quantitative estimate of drug-likeness (QED) is 0.925. The van der Waals surface area contributed by atoms with Crippen molar-refractivity contribution in [1.29, 1.82) is 0 Å². The number of fused-ring (bicyclic) bond motifs is 1. The molecule has 1 atom stereocenters. The molecule has 0 radical (unpaired) electrons. The van der Waals surface area contributed by atoms with Gasteiger partial charge >= 0.3 is 0 Å². The van der Waals surface area contributed by atoms with Gasteiger partial charge < -0.3 is 5.32 Å². The minimum absolute atomic E-state index is 0.489. The van der Waals surface area contributed by atoms with Crippen LogP contribution in [0.25, 0.3) is 6.08 Å². The van der Waals surface area contributed by atoms with Gasteiger partial charge in [0, 0.05) is 19.0 Å². The summed E-state index contributed by atoms with van der Waals surface area (Å²) in [5.41, 5.74) is 2.61. The molecule has 0 saturated heterocycles. The van der Waals surface area contributed by atoms with Crippen LogP contribution in [0.2, 0.25) is 0 Å². The smallest absolute Gasteiger partial charge is 0.138 e. The molecule has 1 aliphatic rings. The van der Waals surface area contributed by atoms with E-state index in [0.717, 1.165) is 31.8 Å². The fraction of sp³-hybridized carbons (Fsp3) is 0.375. The Morgan fingerprint density at radius 2 is 2.25 bits per heavy atom. The van der Waals surface area contributed by atoms with Gasteiger partial charge in [0.2, 0.25) is 0 Å². The zero-order valence-corrected chi connectivity index (χ0v) is 11.8. The molecule has 0 amide bonds. The summed E-state index contributed by atoms with van der Waals surface area (Å²) in [5.74, 6) is 1.11. The number of hydrogen-bond acceptors (Lipinski definition) is 3. The Bertz CT molecular complexity index is 586. The summed E-state index contributed by atoms with van der Waals surface area (Å²) < 4.78 is 2.01. The van der Waals surface area contributed by atoms with Gasteiger partial charge in [0.05, 0.1) is 6.54 Å². The highest BCUT2D eigenvalue weighted by Gasteiger charge is 2.18. The molecule has 0 bridgehead atoms. The van der Waals surface area contributed by atoms with Gasteiger partial charge in [-0.15, -0.1) is 0 Å². The molecule has 0 spiro atoms. The summed E-state index contributed by atoms with van der Waals surface area (Å²) in [6, 6.07) is 10.9. The minimum Gasteiger partial charge on any atom is -0.308 e. The molecule has 1 aromatic heterocycles. The Balaban J connectivity index is 1.54. The van der Waals surface area contributed by atoms with E-state index < -0.39 is 0 Å². The molecule has 4 heteroatoms. The summed E-state index contributed by atoms with van der Waals surface area (Å²) in [6.07, 6.45) is 6.03. The molecule has 3 rings (SSSR count). The number of rotatable bonds is 4. The van der Waals surface area contributed by atoms with E-state index in [0.29, 0.717) is 6.04 Å². The molecule has 4 nitrogen and oxygen atoms in total. The van der Waals surface area contributed by atoms with E-state index in [1.54, 1.807) is 6.33 Å². The van der Waals surface area contributed by atoms with Crippen molar-refractivity contribution in [3.8, 4) is 0 Å². The van der Waals surface area contributed by atoms with Crippen LogP contribution in [0.15, 0.2) is 42.2 Å². The Morgan fingerprint density at radius 1 is 1.40 bits per heavy atom. The molecule has 0 fully saturated rings. The molecule has 1 aliphatic heterocycles. The van der Waals surface area contributed by atoms with Gasteiger partial charge in [-0.25, -0.2) is 9.67 Å². The van der Waals surface area contributed by atoms with Crippen molar-refractivity contribution < 1.29 is 0 Å². The largest absolute Gasteiger partial charge is 0.308 e. The first kappa shape index (κ1) is 13.1. The van der Waals surface area contributed by atoms with Gasteiger partial charge in [0.25, 0.3) is 0 Å². The molecule has 0 aliphatic carbocycles. The predicted molar refractivity (Wildman–Crippen MR) is 80.2 cm³/mol. The monoisotopic (exact) mass is 268 g/mol. The van der Waals surface area contributed by atoms with Gasteiger partial charge in [-0.1, -0.05) is 42.0 Å². The molecule has 104 valence electrons. The SMILES string of the molecule is C/C(=C\c1ccccc1)CN[C@@H]1CCc2ncnn2C1. The van der Waals surface area contributed by atoms with Crippen LogP contribution in [0.4, 0.5) is 0 Å². The second-order valence-corrected chi connectivity index (χ2v) is 5.38. The second-order valence-electron chi connectivity index (χ2n) is 5.38. The van der Waals surface area contributed by atoms with Crippen LogP contribution in [-0.4, -0.2) is 27.4 Å². The Kier molecular flexibility index (Phi) is 3.92. The number of hydrogen-bond donors (Lipinski definition) is 1. The van der Waals surface area contributed by atoms with E-state index in [-0.39, 0.29) is 0 Å². The summed E-state index contributed by atoms with van der Waals surface area (Å²) >= 11 is 0. The Morgan fingerprint density at radius 3 is 3.10 bits per heavy atom. The fourth-order valence-corrected chi connectivity index (χ4v) is 2.59. The van der Waals surface area contributed by atoms with E-state index in [2.05, 4.69) is 52.7 Å². The van der Waals surface area contributed by atoms with Gasteiger partial charge in [-0.05, 0) is 18.9 Å². The van der Waals surface area contributed by atoms with Gasteiger partial charge in [-0.2, -0.15) is 5.10 Å². The first-order valence-corrected chi connectivity index (χ1v) is 7.13. The third kappa shape index (κ3) is 3.14. The lowest BCUT2D eigenvalue weighted by Gasteiger charge is -2.23. The van der Waals surface area contributed by atoms with Gasteiger partial charge in [0.1, 0.15) is 12.2 Å². The predicted octanol–water partition coefficient (Wildman–Crippen LogP) is 2.29. The first-order valence-electron chi connectivity index (χ1n) is 7.13. The van der Waals surface area contributed by atoms with Crippen molar-refractivity contribution in [2.24, 2.45) is 0 Å². The maximum atomic E-state index is 4.25. The molecular formula is C16H20N4.